The zero-order valence-electron chi connectivity index (χ0n) is 22.7. The molecule has 36 heavy (non-hydrogen) atoms. The van der Waals surface area contributed by atoms with Crippen molar-refractivity contribution in [1.29, 1.82) is 0 Å². The molecule has 0 spiro atoms. The smallest absolute Gasteiger partial charge is 0.243 e. The lowest BCUT2D eigenvalue weighted by Crippen LogP contribution is -2.53. The number of anilines is 1. The number of nitrogens with one attached hydrogen (secondary N) is 1. The van der Waals surface area contributed by atoms with Crippen LogP contribution in [-0.4, -0.2) is 49.5 Å². The van der Waals surface area contributed by atoms with Gasteiger partial charge in [-0.1, -0.05) is 43.3 Å². The molecule has 2 aromatic rings. The molecule has 0 aliphatic rings. The predicted molar refractivity (Wildman–Crippen MR) is 146 cm³/mol. The van der Waals surface area contributed by atoms with E-state index in [0.29, 0.717) is 25.1 Å². The van der Waals surface area contributed by atoms with Gasteiger partial charge in [0, 0.05) is 25.0 Å². The van der Waals surface area contributed by atoms with E-state index in [4.69, 9.17) is 0 Å². The molecule has 0 bridgehead atoms. The second-order valence-electron chi connectivity index (χ2n) is 10.5. The van der Waals surface area contributed by atoms with E-state index in [9.17, 15) is 18.0 Å². The zero-order chi connectivity index (χ0) is 27.1. The van der Waals surface area contributed by atoms with Crippen molar-refractivity contribution >= 4 is 27.5 Å². The fraction of sp³-hybridized carbons (Fsp3) is 0.500. The van der Waals surface area contributed by atoms with Gasteiger partial charge in [-0.25, -0.2) is 8.42 Å². The summed E-state index contributed by atoms with van der Waals surface area (Å²) in [5.41, 5.74) is 3.05. The molecule has 0 radical (unpaired) electrons. The van der Waals surface area contributed by atoms with Gasteiger partial charge >= 0.3 is 0 Å². The van der Waals surface area contributed by atoms with Crippen molar-refractivity contribution < 1.29 is 18.0 Å². The quantitative estimate of drug-likeness (QED) is 0.475. The van der Waals surface area contributed by atoms with Gasteiger partial charge in [-0.3, -0.25) is 13.9 Å². The van der Waals surface area contributed by atoms with Crippen molar-refractivity contribution in [3.05, 3.63) is 65.2 Å². The van der Waals surface area contributed by atoms with Crippen LogP contribution in [0.2, 0.25) is 0 Å². The first kappa shape index (κ1) is 29.4. The molecule has 0 saturated heterocycles. The van der Waals surface area contributed by atoms with E-state index >= 15 is 0 Å². The van der Waals surface area contributed by atoms with Crippen LogP contribution in [0.3, 0.4) is 0 Å². The molecular weight excluding hydrogens is 474 g/mol. The first-order valence-electron chi connectivity index (χ1n) is 12.4. The monoisotopic (exact) mass is 515 g/mol. The molecule has 2 aromatic carbocycles. The van der Waals surface area contributed by atoms with Crippen molar-refractivity contribution in [1.82, 2.24) is 10.2 Å². The molecule has 1 N–H and O–H groups in total. The van der Waals surface area contributed by atoms with Crippen LogP contribution in [0, 0.1) is 13.8 Å². The van der Waals surface area contributed by atoms with Crippen LogP contribution < -0.4 is 9.62 Å². The molecular formula is C28H41N3O4S. The maximum Gasteiger partial charge on any atom is 0.243 e. The fourth-order valence-electron chi connectivity index (χ4n) is 4.25. The van der Waals surface area contributed by atoms with Crippen molar-refractivity contribution in [2.24, 2.45) is 0 Å². The summed E-state index contributed by atoms with van der Waals surface area (Å²) in [6, 6.07) is 14.6. The lowest BCUT2D eigenvalue weighted by Gasteiger charge is -2.33. The van der Waals surface area contributed by atoms with Gasteiger partial charge < -0.3 is 10.2 Å². The summed E-state index contributed by atoms with van der Waals surface area (Å²) in [6.45, 7) is 12.0. The summed E-state index contributed by atoms with van der Waals surface area (Å²) in [4.78, 5) is 28.2. The van der Waals surface area contributed by atoms with Crippen LogP contribution in [-0.2, 0) is 26.2 Å². The Labute approximate surface area is 216 Å². The highest BCUT2D eigenvalue weighted by Gasteiger charge is 2.30. The molecule has 2 rings (SSSR count). The molecule has 0 fully saturated rings. The summed E-state index contributed by atoms with van der Waals surface area (Å²) < 4.78 is 26.5. The molecule has 0 aromatic heterocycles. The van der Waals surface area contributed by atoms with Gasteiger partial charge in [-0.15, -0.1) is 0 Å². The van der Waals surface area contributed by atoms with Gasteiger partial charge in [0.15, 0.2) is 0 Å². The number of rotatable bonds is 11. The highest BCUT2D eigenvalue weighted by molar-refractivity contribution is 7.92. The van der Waals surface area contributed by atoms with Crippen molar-refractivity contribution in [3.8, 4) is 0 Å². The minimum absolute atomic E-state index is 0.128. The Balaban J connectivity index is 2.23. The summed E-state index contributed by atoms with van der Waals surface area (Å²) in [6.07, 6.45) is 2.11. The van der Waals surface area contributed by atoms with Crippen molar-refractivity contribution in [2.75, 3.05) is 17.1 Å². The number of sulfonamides is 1. The Morgan fingerprint density at radius 2 is 1.58 bits per heavy atom. The van der Waals surface area contributed by atoms with Crippen LogP contribution in [0.4, 0.5) is 5.69 Å². The minimum atomic E-state index is -3.53. The number of carbonyl (C=O) groups excluding carboxylic acids is 2. The molecule has 0 aliphatic heterocycles. The molecule has 0 heterocycles. The number of amides is 2. The Hall–Kier alpha value is -2.87. The van der Waals surface area contributed by atoms with E-state index in [-0.39, 0.29) is 24.8 Å². The second kappa shape index (κ2) is 12.4. The minimum Gasteiger partial charge on any atom is -0.350 e. The van der Waals surface area contributed by atoms with Gasteiger partial charge in [0.1, 0.15) is 6.04 Å². The average molecular weight is 516 g/mol. The average Bonchev–Trinajstić information content (AvgIpc) is 2.74. The van der Waals surface area contributed by atoms with Gasteiger partial charge in [-0.05, 0) is 76.3 Å². The van der Waals surface area contributed by atoms with Gasteiger partial charge in [0.05, 0.1) is 11.9 Å². The van der Waals surface area contributed by atoms with Crippen LogP contribution in [0.1, 0.15) is 63.6 Å². The largest absolute Gasteiger partial charge is 0.350 e. The summed E-state index contributed by atoms with van der Waals surface area (Å²) >= 11 is 0. The number of hydrogen-bond acceptors (Lipinski definition) is 4. The lowest BCUT2D eigenvalue weighted by molar-refractivity contribution is -0.142. The van der Waals surface area contributed by atoms with Crippen molar-refractivity contribution in [2.45, 2.75) is 78.9 Å². The summed E-state index contributed by atoms with van der Waals surface area (Å²) in [5, 5.41) is 3.00. The van der Waals surface area contributed by atoms with Crippen LogP contribution in [0.25, 0.3) is 0 Å². The van der Waals surface area contributed by atoms with Crippen LogP contribution in [0.15, 0.2) is 48.5 Å². The van der Waals surface area contributed by atoms with Gasteiger partial charge in [-0.2, -0.15) is 0 Å². The summed E-state index contributed by atoms with van der Waals surface area (Å²) in [7, 11) is -3.53. The third kappa shape index (κ3) is 8.97. The third-order valence-electron chi connectivity index (χ3n) is 5.73. The number of hydrogen-bond donors (Lipinski definition) is 1. The first-order valence-corrected chi connectivity index (χ1v) is 14.3. The van der Waals surface area contributed by atoms with Crippen LogP contribution in [0.5, 0.6) is 0 Å². The number of aryl methyl sites for hydroxylation is 2. The molecule has 7 nitrogen and oxygen atoms in total. The maximum absolute atomic E-state index is 13.5. The fourth-order valence-corrected chi connectivity index (χ4v) is 5.20. The van der Waals surface area contributed by atoms with E-state index in [2.05, 4.69) is 5.32 Å². The lowest BCUT2D eigenvalue weighted by atomic mass is 10.0. The van der Waals surface area contributed by atoms with E-state index in [1.54, 1.807) is 4.90 Å². The SMILES string of the molecule is CCC(C(=O)NC(C)(C)C)N(Cc1ccccc1)C(=O)CCCN(c1cc(C)cc(C)c1)S(C)(=O)=O. The van der Waals surface area contributed by atoms with E-state index in [1.807, 2.05) is 90.1 Å². The van der Waals surface area contributed by atoms with Gasteiger partial charge in [0.25, 0.3) is 0 Å². The standard InChI is InChI=1S/C28H41N3O4S/c1-8-25(27(33)29-28(4,5)6)30(20-23-13-10-9-11-14-23)26(32)15-12-16-31(36(7,34)35)24-18-21(2)17-22(3)19-24/h9-11,13-14,17-19,25H,8,12,15-16,20H2,1-7H3,(H,29,33). The Bertz CT molecular complexity index is 1120. The highest BCUT2D eigenvalue weighted by atomic mass is 32.2. The Kier molecular flexibility index (Phi) is 10.1. The Morgan fingerprint density at radius 1 is 1.00 bits per heavy atom. The maximum atomic E-state index is 13.5. The molecule has 0 aliphatic carbocycles. The normalized spacial score (nSPS) is 12.6. The topological polar surface area (TPSA) is 86.8 Å². The van der Waals surface area contributed by atoms with Crippen LogP contribution >= 0.6 is 0 Å². The number of benzene rings is 2. The molecule has 198 valence electrons. The first-order chi connectivity index (χ1) is 16.7. The zero-order valence-corrected chi connectivity index (χ0v) is 23.5. The number of carbonyl (C=O) groups is 2. The van der Waals surface area contributed by atoms with Crippen molar-refractivity contribution in [3.63, 3.8) is 0 Å². The predicted octanol–water partition coefficient (Wildman–Crippen LogP) is 4.57. The molecule has 2 amide bonds. The number of nitrogens with zero attached hydrogens (tertiary/aromatic N) is 2. The molecule has 0 saturated carbocycles. The molecule has 1 atom stereocenters. The Morgan fingerprint density at radius 3 is 2.08 bits per heavy atom. The molecule has 8 heteroatoms. The van der Waals surface area contributed by atoms with Gasteiger partial charge in [0.2, 0.25) is 21.8 Å². The van der Waals surface area contributed by atoms with E-state index < -0.39 is 21.6 Å². The summed E-state index contributed by atoms with van der Waals surface area (Å²) in [5.74, 6) is -0.370. The van der Waals surface area contributed by atoms with E-state index in [0.717, 1.165) is 16.7 Å². The van der Waals surface area contributed by atoms with E-state index in [1.165, 1.54) is 10.6 Å². The second-order valence-corrected chi connectivity index (χ2v) is 12.4. The highest BCUT2D eigenvalue weighted by Crippen LogP contribution is 2.22. The third-order valence-corrected chi connectivity index (χ3v) is 6.92. The molecule has 1 unspecified atom stereocenters.